The Labute approximate surface area is 70.9 Å². The second-order valence-corrected chi connectivity index (χ2v) is 2.75. The molecule has 0 bridgehead atoms. The van der Waals surface area contributed by atoms with Crippen LogP contribution in [0.2, 0.25) is 0 Å². The second-order valence-electron chi connectivity index (χ2n) is 2.75. The van der Waals surface area contributed by atoms with Crippen molar-refractivity contribution in [1.29, 1.82) is 0 Å². The predicted molar refractivity (Wildman–Crippen MR) is 41.0 cm³/mol. The maximum atomic E-state index is 12.6. The molecule has 0 rings (SSSR count). The van der Waals surface area contributed by atoms with Crippen LogP contribution in [0.25, 0.3) is 0 Å². The third kappa shape index (κ3) is 5.41. The molecular formula is C8H15F3O. The Balaban J connectivity index is 3.70. The molecule has 0 aromatic rings. The third-order valence-electron chi connectivity index (χ3n) is 1.63. The van der Waals surface area contributed by atoms with E-state index in [0.29, 0.717) is 12.8 Å². The SMILES string of the molecule is CCCCC(OC(F)F)C(C)F. The molecule has 0 spiro atoms. The highest BCUT2D eigenvalue weighted by Crippen LogP contribution is 2.14. The largest absolute Gasteiger partial charge is 0.345 e. The first-order valence-electron chi connectivity index (χ1n) is 4.15. The number of halogens is 3. The summed E-state index contributed by atoms with van der Waals surface area (Å²) in [4.78, 5) is 0. The minimum atomic E-state index is -2.87. The molecule has 4 heteroatoms. The maximum Gasteiger partial charge on any atom is 0.345 e. The van der Waals surface area contributed by atoms with E-state index in [9.17, 15) is 13.2 Å². The zero-order chi connectivity index (χ0) is 9.56. The van der Waals surface area contributed by atoms with Crippen molar-refractivity contribution < 1.29 is 17.9 Å². The highest BCUT2D eigenvalue weighted by atomic mass is 19.3. The van der Waals surface area contributed by atoms with Crippen molar-refractivity contribution in [3.8, 4) is 0 Å². The summed E-state index contributed by atoms with van der Waals surface area (Å²) in [6, 6.07) is 0. The van der Waals surface area contributed by atoms with Gasteiger partial charge in [0, 0.05) is 0 Å². The summed E-state index contributed by atoms with van der Waals surface area (Å²) in [6.45, 7) is 0.287. The Morgan fingerprint density at radius 3 is 2.17 bits per heavy atom. The Hall–Kier alpha value is -0.250. The van der Waals surface area contributed by atoms with Gasteiger partial charge >= 0.3 is 6.61 Å². The van der Waals surface area contributed by atoms with Gasteiger partial charge in [0.15, 0.2) is 0 Å². The smallest absolute Gasteiger partial charge is 0.317 e. The van der Waals surface area contributed by atoms with E-state index < -0.39 is 18.9 Å². The van der Waals surface area contributed by atoms with Gasteiger partial charge in [0.05, 0.1) is 6.10 Å². The summed E-state index contributed by atoms with van der Waals surface area (Å²) in [5.74, 6) is 0. The van der Waals surface area contributed by atoms with Crippen LogP contribution in [0.4, 0.5) is 13.2 Å². The Kier molecular flexibility index (Phi) is 6.16. The van der Waals surface area contributed by atoms with Crippen molar-refractivity contribution in [2.75, 3.05) is 0 Å². The van der Waals surface area contributed by atoms with E-state index in [4.69, 9.17) is 0 Å². The molecule has 0 heterocycles. The average Bonchev–Trinajstić information content (AvgIpc) is 1.96. The molecular weight excluding hydrogens is 169 g/mol. The average molecular weight is 184 g/mol. The highest BCUT2D eigenvalue weighted by Gasteiger charge is 2.20. The quantitative estimate of drug-likeness (QED) is 0.616. The van der Waals surface area contributed by atoms with Gasteiger partial charge in [0.25, 0.3) is 0 Å². The molecule has 0 aromatic carbocycles. The summed E-state index contributed by atoms with van der Waals surface area (Å²) in [5, 5.41) is 0. The number of ether oxygens (including phenoxy) is 1. The topological polar surface area (TPSA) is 9.23 Å². The standard InChI is InChI=1S/C8H15F3O/c1-3-4-5-7(6(2)9)12-8(10)11/h6-8H,3-5H2,1-2H3. The van der Waals surface area contributed by atoms with Crippen LogP contribution in [0.1, 0.15) is 33.1 Å². The zero-order valence-electron chi connectivity index (χ0n) is 7.40. The first-order valence-corrected chi connectivity index (χ1v) is 4.15. The van der Waals surface area contributed by atoms with Gasteiger partial charge in [-0.25, -0.2) is 4.39 Å². The summed E-state index contributed by atoms with van der Waals surface area (Å²) in [5.41, 5.74) is 0. The lowest BCUT2D eigenvalue weighted by Gasteiger charge is -2.17. The third-order valence-corrected chi connectivity index (χ3v) is 1.63. The molecule has 74 valence electrons. The number of rotatable bonds is 6. The van der Waals surface area contributed by atoms with Gasteiger partial charge in [0.2, 0.25) is 0 Å². The van der Waals surface area contributed by atoms with Crippen molar-refractivity contribution in [3.05, 3.63) is 0 Å². The molecule has 1 nitrogen and oxygen atoms in total. The van der Waals surface area contributed by atoms with Gasteiger partial charge in [-0.05, 0) is 13.3 Å². The van der Waals surface area contributed by atoms with Crippen LogP contribution in [0, 0.1) is 0 Å². The molecule has 0 aliphatic rings. The van der Waals surface area contributed by atoms with Gasteiger partial charge < -0.3 is 4.74 Å². The fraction of sp³-hybridized carbons (Fsp3) is 1.00. The van der Waals surface area contributed by atoms with E-state index in [1.165, 1.54) is 6.92 Å². The summed E-state index contributed by atoms with van der Waals surface area (Å²) >= 11 is 0. The molecule has 0 saturated heterocycles. The number of hydrogen-bond acceptors (Lipinski definition) is 1. The first-order chi connectivity index (χ1) is 5.57. The maximum absolute atomic E-state index is 12.6. The number of alkyl halides is 3. The lowest BCUT2D eigenvalue weighted by atomic mass is 10.1. The van der Waals surface area contributed by atoms with E-state index in [1.807, 2.05) is 6.92 Å². The molecule has 0 saturated carbocycles. The number of unbranched alkanes of at least 4 members (excludes halogenated alkanes) is 1. The lowest BCUT2D eigenvalue weighted by Crippen LogP contribution is -2.25. The first kappa shape index (κ1) is 11.8. The molecule has 2 atom stereocenters. The van der Waals surface area contributed by atoms with Crippen molar-refractivity contribution in [2.45, 2.75) is 52.0 Å². The summed E-state index contributed by atoms with van der Waals surface area (Å²) < 4.78 is 40.1. The summed E-state index contributed by atoms with van der Waals surface area (Å²) in [7, 11) is 0. The Bertz CT molecular complexity index is 106. The van der Waals surface area contributed by atoms with E-state index >= 15 is 0 Å². The normalized spacial score (nSPS) is 16.5. The summed E-state index contributed by atoms with van der Waals surface area (Å²) in [6.07, 6.45) is -0.351. The van der Waals surface area contributed by atoms with Crippen molar-refractivity contribution in [3.63, 3.8) is 0 Å². The molecule has 0 aliphatic heterocycles. The van der Waals surface area contributed by atoms with Gasteiger partial charge in [-0.3, -0.25) is 0 Å². The second kappa shape index (κ2) is 6.29. The van der Waals surface area contributed by atoms with E-state index in [-0.39, 0.29) is 0 Å². The van der Waals surface area contributed by atoms with Crippen LogP contribution in [0.3, 0.4) is 0 Å². The Morgan fingerprint density at radius 2 is 1.83 bits per heavy atom. The number of hydrogen-bond donors (Lipinski definition) is 0. The van der Waals surface area contributed by atoms with Crippen LogP contribution in [-0.2, 0) is 4.74 Å². The van der Waals surface area contributed by atoms with Crippen molar-refractivity contribution in [2.24, 2.45) is 0 Å². The minimum Gasteiger partial charge on any atom is -0.317 e. The molecule has 0 amide bonds. The molecule has 0 fully saturated rings. The molecule has 0 radical (unpaired) electrons. The molecule has 12 heavy (non-hydrogen) atoms. The molecule has 0 aromatic heterocycles. The van der Waals surface area contributed by atoms with E-state index in [0.717, 1.165) is 6.42 Å². The van der Waals surface area contributed by atoms with Crippen LogP contribution in [0.5, 0.6) is 0 Å². The van der Waals surface area contributed by atoms with Crippen LogP contribution >= 0.6 is 0 Å². The van der Waals surface area contributed by atoms with Gasteiger partial charge in [0.1, 0.15) is 6.17 Å². The monoisotopic (exact) mass is 184 g/mol. The predicted octanol–water partition coefficient (Wildman–Crippen LogP) is 3.14. The van der Waals surface area contributed by atoms with Crippen molar-refractivity contribution >= 4 is 0 Å². The van der Waals surface area contributed by atoms with Crippen LogP contribution in [-0.4, -0.2) is 18.9 Å². The van der Waals surface area contributed by atoms with Crippen molar-refractivity contribution in [1.82, 2.24) is 0 Å². The van der Waals surface area contributed by atoms with E-state index in [1.54, 1.807) is 0 Å². The molecule has 2 unspecified atom stereocenters. The molecule has 0 N–H and O–H groups in total. The van der Waals surface area contributed by atoms with Crippen LogP contribution < -0.4 is 0 Å². The lowest BCUT2D eigenvalue weighted by molar-refractivity contribution is -0.178. The molecule has 0 aliphatic carbocycles. The zero-order valence-corrected chi connectivity index (χ0v) is 7.40. The fourth-order valence-electron chi connectivity index (χ4n) is 0.943. The van der Waals surface area contributed by atoms with E-state index in [2.05, 4.69) is 4.74 Å². The minimum absolute atomic E-state index is 0.360. The van der Waals surface area contributed by atoms with Gasteiger partial charge in [-0.15, -0.1) is 0 Å². The van der Waals surface area contributed by atoms with Gasteiger partial charge in [-0.2, -0.15) is 8.78 Å². The Morgan fingerprint density at radius 1 is 1.25 bits per heavy atom. The van der Waals surface area contributed by atoms with Crippen LogP contribution in [0.15, 0.2) is 0 Å². The fourth-order valence-corrected chi connectivity index (χ4v) is 0.943. The highest BCUT2D eigenvalue weighted by molar-refractivity contribution is 4.64. The van der Waals surface area contributed by atoms with Gasteiger partial charge in [-0.1, -0.05) is 19.8 Å².